The highest BCUT2D eigenvalue weighted by molar-refractivity contribution is 5.71. The van der Waals surface area contributed by atoms with Crippen LogP contribution < -0.4 is 16.8 Å². The van der Waals surface area contributed by atoms with Crippen molar-refractivity contribution in [1.82, 2.24) is 19.7 Å². The molecular weight excluding hydrogens is 304 g/mol. The third-order valence-corrected chi connectivity index (χ3v) is 3.40. The van der Waals surface area contributed by atoms with Gasteiger partial charge in [0.05, 0.1) is 37.1 Å². The molecule has 0 aliphatic rings. The molecule has 0 amide bonds. The van der Waals surface area contributed by atoms with Crippen LogP contribution in [0.5, 0.6) is 0 Å². The molecular formula is C16H16N8. The van der Waals surface area contributed by atoms with Crippen molar-refractivity contribution in [2.45, 2.75) is 13.0 Å². The van der Waals surface area contributed by atoms with Gasteiger partial charge in [-0.15, -0.1) is 0 Å². The number of hydrogen-bond acceptors (Lipinski definition) is 7. The van der Waals surface area contributed by atoms with E-state index in [0.717, 1.165) is 16.8 Å². The normalized spacial score (nSPS) is 10.3. The van der Waals surface area contributed by atoms with Crippen LogP contribution in [0.2, 0.25) is 0 Å². The van der Waals surface area contributed by atoms with Crippen molar-refractivity contribution in [3.8, 4) is 17.2 Å². The van der Waals surface area contributed by atoms with Crippen LogP contribution in [-0.2, 0) is 6.54 Å². The van der Waals surface area contributed by atoms with Gasteiger partial charge < -0.3 is 16.8 Å². The van der Waals surface area contributed by atoms with E-state index in [9.17, 15) is 0 Å². The largest absolute Gasteiger partial charge is 0.394 e. The third kappa shape index (κ3) is 3.41. The van der Waals surface area contributed by atoms with Gasteiger partial charge in [-0.05, 0) is 17.7 Å². The summed E-state index contributed by atoms with van der Waals surface area (Å²) >= 11 is 0. The number of hydrogen-bond donors (Lipinski definition) is 3. The average molecular weight is 320 g/mol. The summed E-state index contributed by atoms with van der Waals surface area (Å²) < 4.78 is 1.76. The smallest absolute Gasteiger partial charge is 0.222 e. The van der Waals surface area contributed by atoms with E-state index in [4.69, 9.17) is 16.7 Å². The molecule has 0 fully saturated rings. The zero-order chi connectivity index (χ0) is 16.9. The average Bonchev–Trinajstić information content (AvgIpc) is 3.06. The van der Waals surface area contributed by atoms with Crippen LogP contribution in [0, 0.1) is 11.3 Å². The van der Waals surface area contributed by atoms with Crippen LogP contribution in [-0.4, -0.2) is 19.7 Å². The van der Waals surface area contributed by atoms with E-state index in [1.807, 2.05) is 30.5 Å². The van der Waals surface area contributed by atoms with E-state index >= 15 is 0 Å². The topological polar surface area (TPSA) is 131 Å². The first-order valence-corrected chi connectivity index (χ1v) is 7.30. The summed E-state index contributed by atoms with van der Waals surface area (Å²) in [5.41, 5.74) is 14.7. The Kier molecular flexibility index (Phi) is 4.25. The Labute approximate surface area is 138 Å². The van der Waals surface area contributed by atoms with E-state index in [1.165, 1.54) is 6.20 Å². The zero-order valence-electron chi connectivity index (χ0n) is 12.8. The minimum Gasteiger partial charge on any atom is -0.394 e. The molecule has 5 N–H and O–H groups in total. The van der Waals surface area contributed by atoms with Gasteiger partial charge in [-0.2, -0.15) is 15.3 Å². The Bertz CT molecular complexity index is 876. The number of nitrogens with one attached hydrogen (secondary N) is 1. The molecule has 0 saturated heterocycles. The minimum absolute atomic E-state index is 0.160. The molecule has 120 valence electrons. The summed E-state index contributed by atoms with van der Waals surface area (Å²) in [7, 11) is 0. The van der Waals surface area contributed by atoms with Crippen LogP contribution in [0.25, 0.3) is 11.1 Å². The Balaban J connectivity index is 1.74. The lowest BCUT2D eigenvalue weighted by Crippen LogP contribution is -2.03. The highest BCUT2D eigenvalue weighted by Gasteiger charge is 2.05. The highest BCUT2D eigenvalue weighted by Crippen LogP contribution is 2.24. The monoisotopic (exact) mass is 320 g/mol. The lowest BCUT2D eigenvalue weighted by Gasteiger charge is -2.08. The Hall–Kier alpha value is -3.60. The molecule has 2 heterocycles. The van der Waals surface area contributed by atoms with Gasteiger partial charge in [0.1, 0.15) is 0 Å². The van der Waals surface area contributed by atoms with Gasteiger partial charge in [0, 0.05) is 17.4 Å². The fraction of sp³-hybridized carbons (Fsp3) is 0.125. The van der Waals surface area contributed by atoms with E-state index in [-0.39, 0.29) is 5.95 Å². The maximum atomic E-state index is 8.62. The maximum Gasteiger partial charge on any atom is 0.222 e. The van der Waals surface area contributed by atoms with E-state index in [2.05, 4.69) is 26.5 Å². The number of benzene rings is 1. The van der Waals surface area contributed by atoms with Crippen molar-refractivity contribution in [2.75, 3.05) is 16.8 Å². The molecule has 0 saturated carbocycles. The van der Waals surface area contributed by atoms with Gasteiger partial charge in [0.25, 0.3) is 0 Å². The van der Waals surface area contributed by atoms with Crippen LogP contribution >= 0.6 is 0 Å². The lowest BCUT2D eigenvalue weighted by atomic mass is 10.1. The van der Waals surface area contributed by atoms with Gasteiger partial charge in [0.15, 0.2) is 5.82 Å². The van der Waals surface area contributed by atoms with Crippen LogP contribution in [0.15, 0.2) is 42.9 Å². The van der Waals surface area contributed by atoms with Crippen molar-refractivity contribution >= 4 is 23.1 Å². The molecule has 0 atom stereocenters. The molecule has 0 radical (unpaired) electrons. The fourth-order valence-corrected chi connectivity index (χ4v) is 2.19. The molecule has 0 aliphatic carbocycles. The predicted octanol–water partition coefficient (Wildman–Crippen LogP) is 2.16. The van der Waals surface area contributed by atoms with Crippen molar-refractivity contribution in [1.29, 1.82) is 5.26 Å². The van der Waals surface area contributed by atoms with Crippen molar-refractivity contribution in [3.05, 3.63) is 42.9 Å². The number of nitriles is 1. The molecule has 0 bridgehead atoms. The van der Waals surface area contributed by atoms with Gasteiger partial charge in [0.2, 0.25) is 5.95 Å². The Morgan fingerprint density at radius 3 is 2.67 bits per heavy atom. The predicted molar refractivity (Wildman–Crippen MR) is 92.0 cm³/mol. The van der Waals surface area contributed by atoms with Crippen molar-refractivity contribution in [3.63, 3.8) is 0 Å². The molecule has 8 nitrogen and oxygen atoms in total. The zero-order valence-corrected chi connectivity index (χ0v) is 12.8. The molecule has 0 spiro atoms. The van der Waals surface area contributed by atoms with Gasteiger partial charge >= 0.3 is 0 Å². The van der Waals surface area contributed by atoms with E-state index in [0.29, 0.717) is 24.5 Å². The molecule has 3 aromatic rings. The molecule has 0 aliphatic heterocycles. The SMILES string of the molecule is N#CCCn1cc(-c2ccc(Nc3nc(N)ncc3N)cc2)cn1. The summed E-state index contributed by atoms with van der Waals surface area (Å²) in [5, 5.41) is 16.0. The lowest BCUT2D eigenvalue weighted by molar-refractivity contribution is 0.628. The molecule has 8 heteroatoms. The number of rotatable bonds is 5. The first-order chi connectivity index (χ1) is 11.7. The summed E-state index contributed by atoms with van der Waals surface area (Å²) in [6, 6.07) is 9.87. The number of aromatic nitrogens is 4. The molecule has 3 rings (SSSR count). The maximum absolute atomic E-state index is 8.62. The number of nitrogen functional groups attached to an aromatic ring is 2. The van der Waals surface area contributed by atoms with Crippen LogP contribution in [0.1, 0.15) is 6.42 Å². The molecule has 24 heavy (non-hydrogen) atoms. The second-order valence-corrected chi connectivity index (χ2v) is 5.13. The molecule has 2 aromatic heterocycles. The summed E-state index contributed by atoms with van der Waals surface area (Å²) in [5.74, 6) is 0.632. The number of nitrogens with two attached hydrogens (primary N) is 2. The van der Waals surface area contributed by atoms with Crippen molar-refractivity contribution < 1.29 is 0 Å². The Morgan fingerprint density at radius 1 is 1.12 bits per heavy atom. The molecule has 0 unspecified atom stereocenters. The second-order valence-electron chi connectivity index (χ2n) is 5.13. The standard InChI is InChI=1S/C16H16N8/c17-6-1-7-24-10-12(8-21-24)11-2-4-13(5-3-11)22-15-14(18)9-20-16(19)23-15/h2-5,8-10H,1,7,18H2,(H3,19,20,22,23). The quantitative estimate of drug-likeness (QED) is 0.656. The van der Waals surface area contributed by atoms with Gasteiger partial charge in [-0.25, -0.2) is 4.98 Å². The number of anilines is 4. The number of nitrogens with zero attached hydrogens (tertiary/aromatic N) is 5. The van der Waals surface area contributed by atoms with Gasteiger partial charge in [-0.3, -0.25) is 4.68 Å². The molecule has 1 aromatic carbocycles. The van der Waals surface area contributed by atoms with Crippen LogP contribution in [0.4, 0.5) is 23.1 Å². The van der Waals surface area contributed by atoms with Gasteiger partial charge in [-0.1, -0.05) is 12.1 Å². The van der Waals surface area contributed by atoms with E-state index < -0.39 is 0 Å². The minimum atomic E-state index is 0.160. The first-order valence-electron chi connectivity index (χ1n) is 7.30. The van der Waals surface area contributed by atoms with Crippen molar-refractivity contribution in [2.24, 2.45) is 0 Å². The number of aryl methyl sites for hydroxylation is 1. The summed E-state index contributed by atoms with van der Waals surface area (Å²) in [6.45, 7) is 0.588. The van der Waals surface area contributed by atoms with Crippen LogP contribution in [0.3, 0.4) is 0 Å². The highest BCUT2D eigenvalue weighted by atomic mass is 15.3. The first kappa shape index (κ1) is 15.3. The fourth-order valence-electron chi connectivity index (χ4n) is 2.19. The summed E-state index contributed by atoms with van der Waals surface area (Å²) in [6.07, 6.45) is 5.61. The third-order valence-electron chi connectivity index (χ3n) is 3.40. The summed E-state index contributed by atoms with van der Waals surface area (Å²) in [4.78, 5) is 7.90. The second kappa shape index (κ2) is 6.66. The van der Waals surface area contributed by atoms with E-state index in [1.54, 1.807) is 10.9 Å². The Morgan fingerprint density at radius 2 is 1.92 bits per heavy atom.